The van der Waals surface area contributed by atoms with Crippen LogP contribution in [0.3, 0.4) is 0 Å². The van der Waals surface area contributed by atoms with E-state index in [-0.39, 0.29) is 17.4 Å². The molecule has 1 heterocycles. The number of aryl methyl sites for hydroxylation is 1. The number of hydrogen-bond donors (Lipinski definition) is 0. The second-order valence-electron chi connectivity index (χ2n) is 6.06. The zero-order valence-electron chi connectivity index (χ0n) is 14.2. The van der Waals surface area contributed by atoms with Gasteiger partial charge >= 0.3 is 5.97 Å². The standard InChI is InChI=1S/C16H24ClNO4/c1-9-13(17)12(10(2)18-14(9)15(19)21-7)11(8-20-6)22-16(3,4)5/h11H,8H2,1-7H3. The molecule has 0 spiro atoms. The third-order valence-electron chi connectivity index (χ3n) is 3.10. The third-order valence-corrected chi connectivity index (χ3v) is 3.59. The summed E-state index contributed by atoms with van der Waals surface area (Å²) in [5, 5.41) is 0.458. The van der Waals surface area contributed by atoms with E-state index in [1.165, 1.54) is 7.11 Å². The monoisotopic (exact) mass is 329 g/mol. The fourth-order valence-electron chi connectivity index (χ4n) is 2.20. The van der Waals surface area contributed by atoms with Crippen LogP contribution in [0.5, 0.6) is 0 Å². The quantitative estimate of drug-likeness (QED) is 0.772. The lowest BCUT2D eigenvalue weighted by atomic mass is 10.0. The second-order valence-corrected chi connectivity index (χ2v) is 6.44. The minimum Gasteiger partial charge on any atom is -0.464 e. The molecule has 0 aromatic carbocycles. The molecule has 22 heavy (non-hydrogen) atoms. The zero-order valence-corrected chi connectivity index (χ0v) is 15.0. The number of esters is 1. The summed E-state index contributed by atoms with van der Waals surface area (Å²) in [4.78, 5) is 16.1. The number of nitrogens with zero attached hydrogens (tertiary/aromatic N) is 1. The minimum atomic E-state index is -0.505. The van der Waals surface area contributed by atoms with Gasteiger partial charge in [-0.3, -0.25) is 0 Å². The minimum absolute atomic E-state index is 0.223. The molecule has 0 aliphatic rings. The molecular formula is C16H24ClNO4. The van der Waals surface area contributed by atoms with Gasteiger partial charge < -0.3 is 14.2 Å². The number of halogens is 1. The van der Waals surface area contributed by atoms with Crippen LogP contribution in [-0.4, -0.2) is 37.4 Å². The van der Waals surface area contributed by atoms with Crippen LogP contribution in [0.1, 0.15) is 54.2 Å². The molecule has 0 aliphatic carbocycles. The number of ether oxygens (including phenoxy) is 3. The lowest BCUT2D eigenvalue weighted by Crippen LogP contribution is -2.26. The van der Waals surface area contributed by atoms with Crippen LogP contribution in [-0.2, 0) is 14.2 Å². The van der Waals surface area contributed by atoms with Crippen molar-refractivity contribution in [2.24, 2.45) is 0 Å². The lowest BCUT2D eigenvalue weighted by Gasteiger charge is -2.29. The van der Waals surface area contributed by atoms with Crippen molar-refractivity contribution in [1.82, 2.24) is 4.98 Å². The van der Waals surface area contributed by atoms with Crippen molar-refractivity contribution in [3.63, 3.8) is 0 Å². The highest BCUT2D eigenvalue weighted by Gasteiger charge is 2.28. The molecule has 0 fully saturated rings. The van der Waals surface area contributed by atoms with E-state index >= 15 is 0 Å². The number of carbonyl (C=O) groups excluding carboxylic acids is 1. The van der Waals surface area contributed by atoms with Gasteiger partial charge in [0.2, 0.25) is 0 Å². The first-order chi connectivity index (χ1) is 10.1. The molecule has 0 aliphatic heterocycles. The SMILES string of the molecule is COCC(OC(C)(C)C)c1c(C)nc(C(=O)OC)c(C)c1Cl. The van der Waals surface area contributed by atoms with Crippen molar-refractivity contribution in [3.8, 4) is 0 Å². The Balaban J connectivity index is 3.39. The first-order valence-corrected chi connectivity index (χ1v) is 7.41. The number of hydrogen-bond acceptors (Lipinski definition) is 5. The van der Waals surface area contributed by atoms with E-state index in [0.717, 1.165) is 5.56 Å². The number of pyridine rings is 1. The van der Waals surface area contributed by atoms with Gasteiger partial charge in [0.25, 0.3) is 0 Å². The van der Waals surface area contributed by atoms with Crippen LogP contribution in [0.2, 0.25) is 5.02 Å². The Labute approximate surface area is 136 Å². The summed E-state index contributed by atoms with van der Waals surface area (Å²) in [6.45, 7) is 9.76. The summed E-state index contributed by atoms with van der Waals surface area (Å²) in [6, 6.07) is 0. The normalized spacial score (nSPS) is 13.1. The second kappa shape index (κ2) is 7.40. The first-order valence-electron chi connectivity index (χ1n) is 7.04. The third kappa shape index (κ3) is 4.41. The molecule has 5 nitrogen and oxygen atoms in total. The van der Waals surface area contributed by atoms with Crippen LogP contribution < -0.4 is 0 Å². The summed E-state index contributed by atoms with van der Waals surface area (Å²) < 4.78 is 16.0. The maximum absolute atomic E-state index is 11.8. The van der Waals surface area contributed by atoms with E-state index in [0.29, 0.717) is 22.9 Å². The maximum atomic E-state index is 11.8. The molecule has 0 amide bonds. The molecule has 1 rings (SSSR count). The summed E-state index contributed by atoms with van der Waals surface area (Å²) >= 11 is 6.48. The fraction of sp³-hybridized carbons (Fsp3) is 0.625. The molecule has 1 atom stereocenters. The molecule has 0 saturated heterocycles. The van der Waals surface area contributed by atoms with E-state index in [1.807, 2.05) is 20.8 Å². The van der Waals surface area contributed by atoms with E-state index in [2.05, 4.69) is 4.98 Å². The van der Waals surface area contributed by atoms with E-state index in [9.17, 15) is 4.79 Å². The molecule has 6 heteroatoms. The molecule has 0 N–H and O–H groups in total. The topological polar surface area (TPSA) is 57.7 Å². The molecular weight excluding hydrogens is 306 g/mol. The van der Waals surface area contributed by atoms with Crippen molar-refractivity contribution in [3.05, 3.63) is 27.5 Å². The van der Waals surface area contributed by atoms with Gasteiger partial charge in [-0.25, -0.2) is 9.78 Å². The summed E-state index contributed by atoms with van der Waals surface area (Å²) in [5.41, 5.74) is 1.80. The van der Waals surface area contributed by atoms with Gasteiger partial charge in [-0.05, 0) is 34.6 Å². The van der Waals surface area contributed by atoms with Gasteiger partial charge in [-0.1, -0.05) is 11.6 Å². The summed E-state index contributed by atoms with van der Waals surface area (Å²) in [6.07, 6.45) is -0.365. The molecule has 1 aromatic rings. The molecule has 0 radical (unpaired) electrons. The van der Waals surface area contributed by atoms with Crippen LogP contribution in [0.25, 0.3) is 0 Å². The van der Waals surface area contributed by atoms with Crippen LogP contribution in [0.15, 0.2) is 0 Å². The lowest BCUT2D eigenvalue weighted by molar-refractivity contribution is -0.0889. The Hall–Kier alpha value is -1.17. The zero-order chi connectivity index (χ0) is 17.1. The van der Waals surface area contributed by atoms with E-state index in [1.54, 1.807) is 21.0 Å². The van der Waals surface area contributed by atoms with Gasteiger partial charge in [0.05, 0.1) is 24.3 Å². The van der Waals surface area contributed by atoms with Gasteiger partial charge in [0.1, 0.15) is 6.10 Å². The predicted molar refractivity (Wildman–Crippen MR) is 85.5 cm³/mol. The highest BCUT2D eigenvalue weighted by atomic mass is 35.5. The highest BCUT2D eigenvalue weighted by molar-refractivity contribution is 6.32. The summed E-state index contributed by atoms with van der Waals surface area (Å²) in [5.74, 6) is -0.505. The first kappa shape index (κ1) is 18.9. The maximum Gasteiger partial charge on any atom is 0.356 e. The summed E-state index contributed by atoms with van der Waals surface area (Å²) in [7, 11) is 2.92. The highest BCUT2D eigenvalue weighted by Crippen LogP contribution is 2.34. The molecule has 1 aromatic heterocycles. The Morgan fingerprint density at radius 1 is 1.27 bits per heavy atom. The number of rotatable bonds is 5. The Morgan fingerprint density at radius 2 is 1.86 bits per heavy atom. The van der Waals surface area contributed by atoms with E-state index in [4.69, 9.17) is 25.8 Å². The van der Waals surface area contributed by atoms with Crippen LogP contribution >= 0.6 is 11.6 Å². The van der Waals surface area contributed by atoms with Gasteiger partial charge in [0, 0.05) is 23.9 Å². The number of carbonyl (C=O) groups is 1. The average Bonchev–Trinajstić information content (AvgIpc) is 2.40. The van der Waals surface area contributed by atoms with Crippen LogP contribution in [0.4, 0.5) is 0 Å². The van der Waals surface area contributed by atoms with E-state index < -0.39 is 5.97 Å². The Kier molecular flexibility index (Phi) is 6.35. The van der Waals surface area contributed by atoms with Gasteiger partial charge in [-0.2, -0.15) is 0 Å². The Morgan fingerprint density at radius 3 is 2.32 bits per heavy atom. The molecule has 124 valence electrons. The largest absolute Gasteiger partial charge is 0.464 e. The Bertz CT molecular complexity index is 552. The van der Waals surface area contributed by atoms with Crippen molar-refractivity contribution in [1.29, 1.82) is 0 Å². The smallest absolute Gasteiger partial charge is 0.356 e. The average molecular weight is 330 g/mol. The predicted octanol–water partition coefficient (Wildman–Crippen LogP) is 3.64. The number of methoxy groups -OCH3 is 2. The van der Waals surface area contributed by atoms with Crippen molar-refractivity contribution in [2.45, 2.75) is 46.3 Å². The molecule has 1 unspecified atom stereocenters. The van der Waals surface area contributed by atoms with Crippen LogP contribution in [0, 0.1) is 13.8 Å². The van der Waals surface area contributed by atoms with Crippen molar-refractivity contribution >= 4 is 17.6 Å². The molecule has 0 saturated carbocycles. The molecule has 0 bridgehead atoms. The van der Waals surface area contributed by atoms with Crippen molar-refractivity contribution in [2.75, 3.05) is 20.8 Å². The van der Waals surface area contributed by atoms with Crippen molar-refractivity contribution < 1.29 is 19.0 Å². The van der Waals surface area contributed by atoms with Gasteiger partial charge in [0.15, 0.2) is 5.69 Å². The van der Waals surface area contributed by atoms with Gasteiger partial charge in [-0.15, -0.1) is 0 Å². The fourth-order valence-corrected chi connectivity index (χ4v) is 2.55. The number of aromatic nitrogens is 1.